The summed E-state index contributed by atoms with van der Waals surface area (Å²) in [5.74, 6) is -1.61. The summed E-state index contributed by atoms with van der Waals surface area (Å²) in [4.78, 5) is 45.0. The second-order valence-electron chi connectivity index (χ2n) is 8.34. The van der Waals surface area contributed by atoms with Gasteiger partial charge < -0.3 is 24.1 Å². The van der Waals surface area contributed by atoms with E-state index in [0.717, 1.165) is 21.8 Å². The molecule has 2 heterocycles. The Bertz CT molecular complexity index is 1480. The summed E-state index contributed by atoms with van der Waals surface area (Å²) in [5, 5.41) is 11.5. The number of ketones is 1. The largest absolute Gasteiger partial charge is 0.507 e. The van der Waals surface area contributed by atoms with Gasteiger partial charge in [0.15, 0.2) is 16.6 Å². The maximum absolute atomic E-state index is 13.5. The summed E-state index contributed by atoms with van der Waals surface area (Å²) in [5.41, 5.74) is 1.59. The number of methoxy groups -OCH3 is 4. The molecule has 3 aromatic rings. The Morgan fingerprint density at radius 2 is 1.71 bits per heavy atom. The number of anilines is 1. The number of aliphatic hydroxyl groups is 1. The summed E-state index contributed by atoms with van der Waals surface area (Å²) in [6.45, 7) is 3.40. The highest BCUT2D eigenvalue weighted by molar-refractivity contribution is 7.17. The van der Waals surface area contributed by atoms with Gasteiger partial charge in [-0.2, -0.15) is 0 Å². The number of aryl methyl sites for hydroxylation is 2. The molecule has 11 heteroatoms. The van der Waals surface area contributed by atoms with E-state index in [-0.39, 0.29) is 27.1 Å². The first-order chi connectivity index (χ1) is 18.2. The fourth-order valence-electron chi connectivity index (χ4n) is 4.40. The van der Waals surface area contributed by atoms with E-state index >= 15 is 0 Å². The summed E-state index contributed by atoms with van der Waals surface area (Å²) in [6.07, 6.45) is 0. The number of ether oxygens (including phenoxy) is 4. The maximum Gasteiger partial charge on any atom is 0.350 e. The summed E-state index contributed by atoms with van der Waals surface area (Å²) >= 11 is 0.908. The minimum absolute atomic E-state index is 0.0878. The number of hydrogen-bond donors (Lipinski definition) is 1. The molecule has 0 spiro atoms. The molecule has 1 amide bonds. The smallest absolute Gasteiger partial charge is 0.350 e. The first-order valence-corrected chi connectivity index (χ1v) is 12.2. The number of amides is 1. The van der Waals surface area contributed by atoms with E-state index in [0.29, 0.717) is 28.3 Å². The average molecular weight is 539 g/mol. The van der Waals surface area contributed by atoms with E-state index in [1.165, 1.54) is 28.4 Å². The molecule has 4 rings (SSSR count). The molecule has 0 radical (unpaired) electrons. The minimum Gasteiger partial charge on any atom is -0.507 e. The Labute approximate surface area is 223 Å². The zero-order valence-electron chi connectivity index (χ0n) is 21.6. The molecule has 0 saturated carbocycles. The normalized spacial score (nSPS) is 16.5. The second-order valence-corrected chi connectivity index (χ2v) is 9.32. The van der Waals surface area contributed by atoms with Gasteiger partial charge in [0.25, 0.3) is 5.78 Å². The minimum atomic E-state index is -1.14. The van der Waals surface area contributed by atoms with Crippen LogP contribution in [0.3, 0.4) is 0 Å². The third-order valence-corrected chi connectivity index (χ3v) is 7.34. The molecule has 10 nitrogen and oxygen atoms in total. The van der Waals surface area contributed by atoms with Crippen molar-refractivity contribution in [2.24, 2.45) is 0 Å². The molecule has 0 unspecified atom stereocenters. The molecule has 198 valence electrons. The number of aromatic nitrogens is 1. The van der Waals surface area contributed by atoms with Gasteiger partial charge in [-0.05, 0) is 43.7 Å². The van der Waals surface area contributed by atoms with E-state index < -0.39 is 23.7 Å². The van der Waals surface area contributed by atoms with Crippen LogP contribution in [-0.4, -0.2) is 56.2 Å². The van der Waals surface area contributed by atoms with Gasteiger partial charge in [0.05, 0.1) is 39.7 Å². The number of nitrogens with zero attached hydrogens (tertiary/aromatic N) is 2. The summed E-state index contributed by atoms with van der Waals surface area (Å²) < 4.78 is 21.2. The molecule has 0 bridgehead atoms. The third-order valence-electron chi connectivity index (χ3n) is 6.20. The van der Waals surface area contributed by atoms with Gasteiger partial charge in [-0.25, -0.2) is 9.78 Å². The highest BCUT2D eigenvalue weighted by Gasteiger charge is 2.49. The van der Waals surface area contributed by atoms with E-state index in [1.54, 1.807) is 50.2 Å². The van der Waals surface area contributed by atoms with Crippen molar-refractivity contribution in [2.45, 2.75) is 19.9 Å². The van der Waals surface area contributed by atoms with E-state index in [2.05, 4.69) is 4.98 Å². The Balaban J connectivity index is 2.01. The lowest BCUT2D eigenvalue weighted by Crippen LogP contribution is -2.29. The van der Waals surface area contributed by atoms with Crippen LogP contribution in [0, 0.1) is 13.8 Å². The fourth-order valence-corrected chi connectivity index (χ4v) is 5.41. The van der Waals surface area contributed by atoms with Crippen LogP contribution in [0.15, 0.2) is 42.0 Å². The average Bonchev–Trinajstić information content (AvgIpc) is 3.43. The van der Waals surface area contributed by atoms with Crippen LogP contribution in [-0.2, 0) is 14.3 Å². The monoisotopic (exact) mass is 538 g/mol. The number of Topliss-reactive ketones (excluding diaryl/α,β-unsaturated/α-hetero) is 1. The molecule has 1 aromatic heterocycles. The van der Waals surface area contributed by atoms with Crippen molar-refractivity contribution >= 4 is 39.9 Å². The van der Waals surface area contributed by atoms with Crippen LogP contribution in [0.4, 0.5) is 5.13 Å². The number of benzene rings is 2. The second kappa shape index (κ2) is 10.5. The van der Waals surface area contributed by atoms with Crippen molar-refractivity contribution in [1.82, 2.24) is 4.98 Å². The van der Waals surface area contributed by atoms with Crippen LogP contribution in [0.25, 0.3) is 5.76 Å². The van der Waals surface area contributed by atoms with Crippen LogP contribution in [0.2, 0.25) is 0 Å². The molecule has 1 aliphatic rings. The quantitative estimate of drug-likeness (QED) is 0.204. The van der Waals surface area contributed by atoms with Gasteiger partial charge in [-0.3, -0.25) is 14.5 Å². The van der Waals surface area contributed by atoms with Crippen molar-refractivity contribution in [1.29, 1.82) is 0 Å². The van der Waals surface area contributed by atoms with Crippen molar-refractivity contribution in [3.05, 3.63) is 69.2 Å². The van der Waals surface area contributed by atoms with Crippen molar-refractivity contribution in [2.75, 3.05) is 33.3 Å². The zero-order valence-corrected chi connectivity index (χ0v) is 22.5. The Kier molecular flexibility index (Phi) is 7.40. The number of aliphatic hydroxyl groups excluding tert-OH is 1. The molecule has 2 aromatic carbocycles. The van der Waals surface area contributed by atoms with Gasteiger partial charge in [0.1, 0.15) is 22.4 Å². The SMILES string of the molecule is COC(=O)c1sc(N2C(=O)C(=O)/C(=C(/O)c3ccc(OC)c(C)c3)[C@@H]2c2cccc(OC)c2OC)nc1C. The van der Waals surface area contributed by atoms with Crippen LogP contribution < -0.4 is 19.1 Å². The molecule has 1 fully saturated rings. The number of hydrogen-bond acceptors (Lipinski definition) is 10. The number of rotatable bonds is 7. The molecular weight excluding hydrogens is 512 g/mol. The van der Waals surface area contributed by atoms with Crippen molar-refractivity contribution < 1.29 is 38.4 Å². The number of para-hydroxylation sites is 1. The lowest BCUT2D eigenvalue weighted by molar-refractivity contribution is -0.132. The number of thiazole rings is 1. The number of carbonyl (C=O) groups is 3. The maximum atomic E-state index is 13.5. The van der Waals surface area contributed by atoms with Crippen LogP contribution >= 0.6 is 11.3 Å². The topological polar surface area (TPSA) is 124 Å². The number of carbonyl (C=O) groups excluding carboxylic acids is 3. The van der Waals surface area contributed by atoms with Gasteiger partial charge >= 0.3 is 11.9 Å². The molecule has 1 atom stereocenters. The standard InChI is InChI=1S/C27H26N2O8S/c1-13-12-15(10-11-17(13)34-3)21(30)19-20(16-8-7-9-18(35-4)23(16)36-5)29(25(32)22(19)31)27-28-14(2)24(38-27)26(33)37-6/h7-12,20,30H,1-6H3/b21-19+/t20-/m0/s1. The zero-order chi connectivity index (χ0) is 27.7. The summed E-state index contributed by atoms with van der Waals surface area (Å²) in [6, 6.07) is 8.79. The molecular formula is C27H26N2O8S. The van der Waals surface area contributed by atoms with Gasteiger partial charge in [-0.1, -0.05) is 23.5 Å². The van der Waals surface area contributed by atoms with Crippen LogP contribution in [0.5, 0.6) is 17.2 Å². The van der Waals surface area contributed by atoms with Crippen molar-refractivity contribution in [3.8, 4) is 17.2 Å². The fraction of sp³-hybridized carbons (Fsp3) is 0.259. The predicted molar refractivity (Wildman–Crippen MR) is 140 cm³/mol. The lowest BCUT2D eigenvalue weighted by atomic mass is 9.94. The Hall–Kier alpha value is -4.38. The molecule has 1 saturated heterocycles. The molecule has 38 heavy (non-hydrogen) atoms. The number of esters is 1. The highest BCUT2D eigenvalue weighted by Crippen LogP contribution is 2.48. The molecule has 0 aliphatic carbocycles. The van der Waals surface area contributed by atoms with Gasteiger partial charge in [-0.15, -0.1) is 0 Å². The highest BCUT2D eigenvalue weighted by atomic mass is 32.1. The predicted octanol–water partition coefficient (Wildman–Crippen LogP) is 4.20. The van der Waals surface area contributed by atoms with Crippen molar-refractivity contribution in [3.63, 3.8) is 0 Å². The van der Waals surface area contributed by atoms with Gasteiger partial charge in [0.2, 0.25) is 0 Å². The third kappa shape index (κ3) is 4.34. The Morgan fingerprint density at radius 1 is 1.00 bits per heavy atom. The van der Waals surface area contributed by atoms with E-state index in [9.17, 15) is 19.5 Å². The molecule has 1 aliphatic heterocycles. The van der Waals surface area contributed by atoms with Crippen LogP contribution in [0.1, 0.15) is 38.1 Å². The van der Waals surface area contributed by atoms with E-state index in [4.69, 9.17) is 18.9 Å². The lowest BCUT2D eigenvalue weighted by Gasteiger charge is -2.25. The Morgan fingerprint density at radius 3 is 2.32 bits per heavy atom. The van der Waals surface area contributed by atoms with E-state index in [1.807, 2.05) is 0 Å². The summed E-state index contributed by atoms with van der Waals surface area (Å²) in [7, 11) is 5.67. The van der Waals surface area contributed by atoms with Gasteiger partial charge in [0, 0.05) is 11.1 Å². The first-order valence-electron chi connectivity index (χ1n) is 11.4. The first kappa shape index (κ1) is 26.7. The molecule has 1 N–H and O–H groups in total.